The van der Waals surface area contributed by atoms with E-state index in [1.54, 1.807) is 0 Å². The van der Waals surface area contributed by atoms with Crippen LogP contribution in [-0.2, 0) is 0 Å². The van der Waals surface area contributed by atoms with E-state index in [0.29, 0.717) is 11.6 Å². The van der Waals surface area contributed by atoms with Crippen LogP contribution in [-0.4, -0.2) is 13.1 Å². The molecule has 0 saturated carbocycles. The van der Waals surface area contributed by atoms with Gasteiger partial charge in [-0.2, -0.15) is 0 Å². The molecule has 2 nitrogen and oxygen atoms in total. The third kappa shape index (κ3) is 2.39. The van der Waals surface area contributed by atoms with Crippen LogP contribution in [0.25, 0.3) is 0 Å². The first kappa shape index (κ1) is 8.34. The Kier molecular flexibility index (Phi) is 2.71. The summed E-state index contributed by atoms with van der Waals surface area (Å²) >= 11 is 0. The molecule has 1 aliphatic rings. The van der Waals surface area contributed by atoms with Crippen molar-refractivity contribution in [2.24, 2.45) is 11.7 Å². The highest BCUT2D eigenvalue weighted by molar-refractivity contribution is 5.19. The summed E-state index contributed by atoms with van der Waals surface area (Å²) in [6, 6.07) is 0. The van der Waals surface area contributed by atoms with E-state index in [0.717, 1.165) is 13.1 Å². The smallest absolute Gasteiger partial charge is 0.0240 e. The van der Waals surface area contributed by atoms with E-state index in [-0.39, 0.29) is 0 Å². The van der Waals surface area contributed by atoms with Crippen LogP contribution in [0.15, 0.2) is 23.9 Å². The maximum absolute atomic E-state index is 5.47. The molecule has 1 aliphatic heterocycles. The second-order valence-electron chi connectivity index (χ2n) is 3.15. The van der Waals surface area contributed by atoms with E-state index < -0.39 is 0 Å². The van der Waals surface area contributed by atoms with Gasteiger partial charge >= 0.3 is 0 Å². The lowest BCUT2D eigenvalue weighted by atomic mass is 9.99. The van der Waals surface area contributed by atoms with Gasteiger partial charge in [0.05, 0.1) is 0 Å². The van der Waals surface area contributed by atoms with Crippen molar-refractivity contribution in [3.8, 4) is 0 Å². The zero-order chi connectivity index (χ0) is 8.27. The molecule has 1 fully saturated rings. The van der Waals surface area contributed by atoms with E-state index in [9.17, 15) is 0 Å². The monoisotopic (exact) mass is 152 g/mol. The summed E-state index contributed by atoms with van der Waals surface area (Å²) in [4.78, 5) is 0. The lowest BCUT2D eigenvalue weighted by Gasteiger charge is -2.07. The highest BCUT2D eigenvalue weighted by atomic mass is 14.9. The Morgan fingerprint density at radius 2 is 2.45 bits per heavy atom. The summed E-state index contributed by atoms with van der Waals surface area (Å²) in [5, 5.41) is 3.32. The molecule has 1 saturated heterocycles. The molecule has 1 heterocycles. The summed E-state index contributed by atoms with van der Waals surface area (Å²) in [7, 11) is 0. The highest BCUT2D eigenvalue weighted by Crippen LogP contribution is 2.17. The average Bonchev–Trinajstić information content (AvgIpc) is 2.35. The summed E-state index contributed by atoms with van der Waals surface area (Å²) in [6.07, 6.45) is 3.20. The van der Waals surface area contributed by atoms with Gasteiger partial charge in [-0.25, -0.2) is 0 Å². The van der Waals surface area contributed by atoms with Gasteiger partial charge in [0.25, 0.3) is 0 Å². The fraction of sp³-hybridized carbons (Fsp3) is 0.556. The van der Waals surface area contributed by atoms with Gasteiger partial charge in [-0.1, -0.05) is 12.2 Å². The maximum Gasteiger partial charge on any atom is 0.0240 e. The van der Waals surface area contributed by atoms with Crippen molar-refractivity contribution >= 4 is 0 Å². The van der Waals surface area contributed by atoms with Crippen molar-refractivity contribution in [1.29, 1.82) is 0 Å². The van der Waals surface area contributed by atoms with Gasteiger partial charge in [-0.05, 0) is 31.9 Å². The summed E-state index contributed by atoms with van der Waals surface area (Å²) in [6.45, 7) is 7.99. The Hall–Kier alpha value is -0.760. The molecule has 1 atom stereocenters. The Balaban J connectivity index is 2.51. The predicted molar refractivity (Wildman–Crippen MR) is 48.1 cm³/mol. The second kappa shape index (κ2) is 3.58. The number of rotatable bonds is 2. The molecule has 1 unspecified atom stereocenters. The van der Waals surface area contributed by atoms with Crippen LogP contribution < -0.4 is 11.1 Å². The third-order valence-electron chi connectivity index (χ3n) is 2.12. The summed E-state index contributed by atoms with van der Waals surface area (Å²) in [5.74, 6) is 0.676. The first-order chi connectivity index (χ1) is 5.20. The minimum absolute atomic E-state index is 0.661. The number of nitrogens with one attached hydrogen (secondary N) is 1. The lowest BCUT2D eigenvalue weighted by molar-refractivity contribution is 0.681. The first-order valence-electron chi connectivity index (χ1n) is 4.03. The molecule has 0 amide bonds. The number of hydrogen-bond donors (Lipinski definition) is 2. The quantitative estimate of drug-likeness (QED) is 0.580. The van der Waals surface area contributed by atoms with Gasteiger partial charge in [-0.15, -0.1) is 0 Å². The van der Waals surface area contributed by atoms with Crippen LogP contribution in [0.4, 0.5) is 0 Å². The van der Waals surface area contributed by atoms with Crippen LogP contribution >= 0.6 is 0 Å². The van der Waals surface area contributed by atoms with E-state index in [2.05, 4.69) is 18.8 Å². The van der Waals surface area contributed by atoms with E-state index in [1.165, 1.54) is 12.0 Å². The molecule has 2 heteroatoms. The molecule has 0 aromatic carbocycles. The van der Waals surface area contributed by atoms with E-state index >= 15 is 0 Å². The Morgan fingerprint density at radius 1 is 1.73 bits per heavy atom. The van der Waals surface area contributed by atoms with Crippen LogP contribution in [0.3, 0.4) is 0 Å². The minimum Gasteiger partial charge on any atom is -0.399 e. The first-order valence-corrected chi connectivity index (χ1v) is 4.03. The molecular weight excluding hydrogens is 136 g/mol. The van der Waals surface area contributed by atoms with Crippen molar-refractivity contribution in [2.75, 3.05) is 13.1 Å². The molecule has 62 valence electrons. The average molecular weight is 152 g/mol. The van der Waals surface area contributed by atoms with Crippen molar-refractivity contribution in [1.82, 2.24) is 5.32 Å². The van der Waals surface area contributed by atoms with Crippen LogP contribution in [0.2, 0.25) is 0 Å². The molecule has 0 aromatic heterocycles. The molecule has 0 aromatic rings. The Bertz CT molecular complexity index is 176. The molecule has 0 spiro atoms. The Morgan fingerprint density at radius 3 is 2.91 bits per heavy atom. The number of hydrogen-bond acceptors (Lipinski definition) is 2. The SMILES string of the molecule is C=C(N)/C=C(\C)C1CCNC1. The van der Waals surface area contributed by atoms with Crippen LogP contribution in [0.1, 0.15) is 13.3 Å². The molecule has 1 rings (SSSR count). The molecule has 0 bridgehead atoms. The zero-order valence-electron chi connectivity index (χ0n) is 7.06. The van der Waals surface area contributed by atoms with Crippen LogP contribution in [0.5, 0.6) is 0 Å². The van der Waals surface area contributed by atoms with Gasteiger partial charge < -0.3 is 11.1 Å². The maximum atomic E-state index is 5.47. The topological polar surface area (TPSA) is 38.0 Å². The normalized spacial score (nSPS) is 25.5. The zero-order valence-corrected chi connectivity index (χ0v) is 7.06. The van der Waals surface area contributed by atoms with E-state index in [4.69, 9.17) is 5.73 Å². The summed E-state index contributed by atoms with van der Waals surface area (Å²) in [5.41, 5.74) is 7.48. The highest BCUT2D eigenvalue weighted by Gasteiger charge is 2.15. The minimum atomic E-state index is 0.661. The fourth-order valence-electron chi connectivity index (χ4n) is 1.45. The van der Waals surface area contributed by atoms with Gasteiger partial charge in [0, 0.05) is 12.2 Å². The summed E-state index contributed by atoms with van der Waals surface area (Å²) < 4.78 is 0. The number of allylic oxidation sites excluding steroid dienone is 1. The third-order valence-corrected chi connectivity index (χ3v) is 2.12. The van der Waals surface area contributed by atoms with Crippen molar-refractivity contribution in [2.45, 2.75) is 13.3 Å². The fourth-order valence-corrected chi connectivity index (χ4v) is 1.45. The Labute approximate surface area is 68.2 Å². The molecule has 3 N–H and O–H groups in total. The van der Waals surface area contributed by atoms with Crippen molar-refractivity contribution in [3.05, 3.63) is 23.9 Å². The van der Waals surface area contributed by atoms with Crippen molar-refractivity contribution in [3.63, 3.8) is 0 Å². The second-order valence-corrected chi connectivity index (χ2v) is 3.15. The van der Waals surface area contributed by atoms with Gasteiger partial charge in [-0.3, -0.25) is 0 Å². The molecule has 0 aliphatic carbocycles. The van der Waals surface area contributed by atoms with E-state index in [1.807, 2.05) is 6.08 Å². The van der Waals surface area contributed by atoms with Gasteiger partial charge in [0.2, 0.25) is 0 Å². The lowest BCUT2D eigenvalue weighted by Crippen LogP contribution is -2.10. The largest absolute Gasteiger partial charge is 0.399 e. The number of nitrogens with two attached hydrogens (primary N) is 1. The molecule has 0 radical (unpaired) electrons. The molecular formula is C9H16N2. The van der Waals surface area contributed by atoms with Gasteiger partial charge in [0.15, 0.2) is 0 Å². The van der Waals surface area contributed by atoms with Crippen molar-refractivity contribution < 1.29 is 0 Å². The standard InChI is InChI=1S/C9H16N2/c1-7(5-8(2)10)9-3-4-11-6-9/h5,9,11H,2-4,6,10H2,1H3/b7-5+. The van der Waals surface area contributed by atoms with Gasteiger partial charge in [0.1, 0.15) is 0 Å². The predicted octanol–water partition coefficient (Wildman–Crippen LogP) is 1.01. The molecule has 11 heavy (non-hydrogen) atoms. The van der Waals surface area contributed by atoms with Crippen LogP contribution in [0, 0.1) is 5.92 Å².